The molecule has 0 aliphatic heterocycles. The minimum absolute atomic E-state index is 0.0341. The van der Waals surface area contributed by atoms with Gasteiger partial charge in [0.2, 0.25) is 10.0 Å². The number of hydrogen-bond donors (Lipinski definition) is 0. The van der Waals surface area contributed by atoms with Crippen LogP contribution in [0.25, 0.3) is 0 Å². The van der Waals surface area contributed by atoms with Gasteiger partial charge in [-0.1, -0.05) is 0 Å². The van der Waals surface area contributed by atoms with Gasteiger partial charge in [0.05, 0.1) is 26.3 Å². The van der Waals surface area contributed by atoms with Gasteiger partial charge >= 0.3 is 5.97 Å². The lowest BCUT2D eigenvalue weighted by Crippen LogP contribution is -2.36. The van der Waals surface area contributed by atoms with E-state index in [9.17, 15) is 17.6 Å². The topological polar surface area (TPSA) is 85.8 Å². The first-order valence-corrected chi connectivity index (χ1v) is 7.52. The number of methoxy groups -OCH3 is 2. The van der Waals surface area contributed by atoms with E-state index in [0.717, 1.165) is 22.8 Å². The number of sulfonamides is 1. The maximum absolute atomic E-state index is 13.1. The van der Waals surface area contributed by atoms with Gasteiger partial charge in [0.1, 0.15) is 10.7 Å². The SMILES string of the molecule is COCCN(CCC(=O)OC)S(=O)(=O)c1cncc(F)c1. The molecule has 118 valence electrons. The van der Waals surface area contributed by atoms with Crippen LogP contribution in [0.5, 0.6) is 0 Å². The Hall–Kier alpha value is -1.58. The van der Waals surface area contributed by atoms with Crippen LogP contribution in [-0.2, 0) is 24.3 Å². The van der Waals surface area contributed by atoms with Crippen LogP contribution >= 0.6 is 0 Å². The molecule has 0 aliphatic rings. The molecule has 0 bridgehead atoms. The minimum Gasteiger partial charge on any atom is -0.469 e. The molecule has 0 saturated heterocycles. The van der Waals surface area contributed by atoms with Crippen LogP contribution in [0.2, 0.25) is 0 Å². The molecule has 0 radical (unpaired) electrons. The fraction of sp³-hybridized carbons (Fsp3) is 0.500. The Morgan fingerprint density at radius 1 is 1.33 bits per heavy atom. The van der Waals surface area contributed by atoms with Gasteiger partial charge in [0.15, 0.2) is 0 Å². The number of nitrogens with zero attached hydrogens (tertiary/aromatic N) is 2. The third kappa shape index (κ3) is 5.03. The van der Waals surface area contributed by atoms with Crippen LogP contribution in [0.15, 0.2) is 23.4 Å². The van der Waals surface area contributed by atoms with Gasteiger partial charge in [-0.25, -0.2) is 12.8 Å². The third-order valence-corrected chi connectivity index (χ3v) is 4.52. The molecular weight excluding hydrogens is 303 g/mol. The lowest BCUT2D eigenvalue weighted by molar-refractivity contribution is -0.140. The molecular formula is C12H17FN2O5S. The normalized spacial score (nSPS) is 11.6. The van der Waals surface area contributed by atoms with Crippen LogP contribution < -0.4 is 0 Å². The van der Waals surface area contributed by atoms with Crippen molar-refractivity contribution in [1.82, 2.24) is 9.29 Å². The van der Waals surface area contributed by atoms with E-state index in [1.54, 1.807) is 0 Å². The first-order valence-electron chi connectivity index (χ1n) is 6.08. The van der Waals surface area contributed by atoms with Gasteiger partial charge in [-0.15, -0.1) is 0 Å². The van der Waals surface area contributed by atoms with Gasteiger partial charge in [0, 0.05) is 26.4 Å². The molecule has 1 heterocycles. The Kier molecular flexibility index (Phi) is 6.66. The standard InChI is InChI=1S/C12H17FN2O5S/c1-19-6-5-15(4-3-12(16)20-2)21(17,18)11-7-10(13)8-14-9-11/h7-9H,3-6H2,1-2H3. The zero-order chi connectivity index (χ0) is 15.9. The third-order valence-electron chi connectivity index (χ3n) is 2.66. The zero-order valence-electron chi connectivity index (χ0n) is 11.8. The molecule has 7 nitrogen and oxygen atoms in total. The Morgan fingerprint density at radius 2 is 2.05 bits per heavy atom. The zero-order valence-corrected chi connectivity index (χ0v) is 12.6. The van der Waals surface area contributed by atoms with E-state index in [1.165, 1.54) is 14.2 Å². The van der Waals surface area contributed by atoms with Crippen molar-refractivity contribution in [2.75, 3.05) is 33.9 Å². The predicted molar refractivity (Wildman–Crippen MR) is 71.5 cm³/mol. The van der Waals surface area contributed by atoms with E-state index < -0.39 is 21.8 Å². The fourth-order valence-corrected chi connectivity index (χ4v) is 2.95. The van der Waals surface area contributed by atoms with Gasteiger partial charge in [0.25, 0.3) is 0 Å². The van der Waals surface area contributed by atoms with Crippen LogP contribution in [0, 0.1) is 5.82 Å². The number of aromatic nitrogens is 1. The lowest BCUT2D eigenvalue weighted by atomic mass is 10.4. The van der Waals surface area contributed by atoms with Gasteiger partial charge in [-0.3, -0.25) is 9.78 Å². The van der Waals surface area contributed by atoms with E-state index in [0.29, 0.717) is 0 Å². The van der Waals surface area contributed by atoms with Crippen molar-refractivity contribution < 1.29 is 27.1 Å². The molecule has 0 fully saturated rings. The summed E-state index contributed by atoms with van der Waals surface area (Å²) in [5.74, 6) is -1.29. The molecule has 0 saturated carbocycles. The number of esters is 1. The van der Waals surface area contributed by atoms with Crippen LogP contribution in [-0.4, -0.2) is 57.6 Å². The Labute approximate surface area is 122 Å². The number of ether oxygens (including phenoxy) is 2. The van der Waals surface area contributed by atoms with E-state index in [4.69, 9.17) is 4.74 Å². The van der Waals surface area contributed by atoms with Crippen molar-refractivity contribution in [2.24, 2.45) is 0 Å². The largest absolute Gasteiger partial charge is 0.469 e. The molecule has 0 spiro atoms. The lowest BCUT2D eigenvalue weighted by Gasteiger charge is -2.21. The Morgan fingerprint density at radius 3 is 2.62 bits per heavy atom. The molecule has 0 aliphatic carbocycles. The summed E-state index contributed by atoms with van der Waals surface area (Å²) in [4.78, 5) is 14.4. The Bertz CT molecular complexity index is 579. The Balaban J connectivity index is 2.96. The first kappa shape index (κ1) is 17.5. The molecule has 1 aromatic rings. The average molecular weight is 320 g/mol. The second-order valence-corrected chi connectivity index (χ2v) is 6.00. The molecule has 1 rings (SSSR count). The molecule has 0 atom stereocenters. The van der Waals surface area contributed by atoms with Crippen molar-refractivity contribution in [3.05, 3.63) is 24.3 Å². The minimum atomic E-state index is -3.96. The highest BCUT2D eigenvalue weighted by Crippen LogP contribution is 2.16. The summed E-state index contributed by atoms with van der Waals surface area (Å²) in [6.45, 7) is 0.0877. The number of carbonyl (C=O) groups excluding carboxylic acids is 1. The van der Waals surface area contributed by atoms with Gasteiger partial charge in [-0.2, -0.15) is 4.31 Å². The van der Waals surface area contributed by atoms with Crippen molar-refractivity contribution in [3.63, 3.8) is 0 Å². The molecule has 0 unspecified atom stereocenters. The molecule has 0 amide bonds. The quantitative estimate of drug-likeness (QED) is 0.645. The summed E-state index contributed by atoms with van der Waals surface area (Å²) in [5, 5.41) is 0. The summed E-state index contributed by atoms with van der Waals surface area (Å²) in [7, 11) is -1.32. The van der Waals surface area contributed by atoms with Crippen molar-refractivity contribution in [2.45, 2.75) is 11.3 Å². The summed E-state index contributed by atoms with van der Waals surface area (Å²) < 4.78 is 48.3. The monoisotopic (exact) mass is 320 g/mol. The predicted octanol–water partition coefficient (Wildman–Crippen LogP) is 0.421. The second kappa shape index (κ2) is 8.01. The highest BCUT2D eigenvalue weighted by Gasteiger charge is 2.25. The molecule has 1 aromatic heterocycles. The summed E-state index contributed by atoms with van der Waals surface area (Å²) in [6, 6.07) is 0.875. The van der Waals surface area contributed by atoms with E-state index in [1.807, 2.05) is 0 Å². The maximum atomic E-state index is 13.1. The molecule has 0 aromatic carbocycles. The maximum Gasteiger partial charge on any atom is 0.306 e. The smallest absolute Gasteiger partial charge is 0.306 e. The highest BCUT2D eigenvalue weighted by atomic mass is 32.2. The van der Waals surface area contributed by atoms with E-state index >= 15 is 0 Å². The van der Waals surface area contributed by atoms with Crippen molar-refractivity contribution in [3.8, 4) is 0 Å². The van der Waals surface area contributed by atoms with Crippen molar-refractivity contribution in [1.29, 1.82) is 0 Å². The van der Waals surface area contributed by atoms with E-state index in [-0.39, 0.29) is 31.0 Å². The second-order valence-electron chi connectivity index (χ2n) is 4.06. The average Bonchev–Trinajstić information content (AvgIpc) is 2.46. The van der Waals surface area contributed by atoms with Gasteiger partial charge < -0.3 is 9.47 Å². The fourth-order valence-electron chi connectivity index (χ4n) is 1.55. The highest BCUT2D eigenvalue weighted by molar-refractivity contribution is 7.89. The number of carbonyl (C=O) groups is 1. The molecule has 21 heavy (non-hydrogen) atoms. The van der Waals surface area contributed by atoms with Gasteiger partial charge in [-0.05, 0) is 6.07 Å². The number of pyridine rings is 1. The van der Waals surface area contributed by atoms with E-state index in [2.05, 4.69) is 9.72 Å². The number of hydrogen-bond acceptors (Lipinski definition) is 6. The van der Waals surface area contributed by atoms with Crippen molar-refractivity contribution >= 4 is 16.0 Å². The van der Waals surface area contributed by atoms with Crippen LogP contribution in [0.1, 0.15) is 6.42 Å². The molecule has 0 N–H and O–H groups in total. The van der Waals surface area contributed by atoms with Crippen LogP contribution in [0.3, 0.4) is 0 Å². The number of halogens is 1. The summed E-state index contributed by atoms with van der Waals surface area (Å²) in [5.41, 5.74) is 0. The number of rotatable bonds is 8. The summed E-state index contributed by atoms with van der Waals surface area (Å²) in [6.07, 6.45) is 1.85. The molecule has 9 heteroatoms. The van der Waals surface area contributed by atoms with Crippen LogP contribution in [0.4, 0.5) is 4.39 Å². The summed E-state index contributed by atoms with van der Waals surface area (Å²) >= 11 is 0. The first-order chi connectivity index (χ1) is 9.91.